The fourth-order valence-electron chi connectivity index (χ4n) is 2.71. The Morgan fingerprint density at radius 3 is 2.46 bits per heavy atom. The van der Waals surface area contributed by atoms with E-state index in [1.165, 1.54) is 26.4 Å². The summed E-state index contributed by atoms with van der Waals surface area (Å²) < 4.78 is 15.5. The molecule has 132 valence electrons. The number of ether oxygens (including phenoxy) is 3. The summed E-state index contributed by atoms with van der Waals surface area (Å²) in [4.78, 5) is 24.4. The lowest BCUT2D eigenvalue weighted by Gasteiger charge is -2.17. The average molecular weight is 356 g/mol. The van der Waals surface area contributed by atoms with Gasteiger partial charge in [-0.05, 0) is 31.9 Å². The highest BCUT2D eigenvalue weighted by Crippen LogP contribution is 2.36. The first-order valence-electron chi connectivity index (χ1n) is 7.89. The molecule has 0 unspecified atom stereocenters. The van der Waals surface area contributed by atoms with E-state index in [1.807, 2.05) is 0 Å². The number of esters is 1. The van der Waals surface area contributed by atoms with E-state index in [2.05, 4.69) is 5.32 Å². The highest BCUT2D eigenvalue weighted by atomic mass is 35.5. The molecule has 0 aromatic heterocycles. The minimum Gasteiger partial charge on any atom is -0.493 e. The molecule has 1 aromatic rings. The van der Waals surface area contributed by atoms with E-state index in [1.54, 1.807) is 6.92 Å². The van der Waals surface area contributed by atoms with Gasteiger partial charge in [0.05, 0.1) is 24.8 Å². The molecule has 1 aromatic carbocycles. The van der Waals surface area contributed by atoms with Crippen LogP contribution in [0, 0.1) is 0 Å². The molecule has 7 heteroatoms. The van der Waals surface area contributed by atoms with Crippen LogP contribution in [0.3, 0.4) is 0 Å². The van der Waals surface area contributed by atoms with Crippen LogP contribution in [0.2, 0.25) is 5.02 Å². The van der Waals surface area contributed by atoms with Crippen LogP contribution in [-0.2, 0) is 9.53 Å². The molecule has 0 radical (unpaired) electrons. The lowest BCUT2D eigenvalue weighted by Crippen LogP contribution is -2.40. The van der Waals surface area contributed by atoms with Crippen LogP contribution in [-0.4, -0.2) is 38.2 Å². The third-order valence-electron chi connectivity index (χ3n) is 4.02. The van der Waals surface area contributed by atoms with Gasteiger partial charge >= 0.3 is 5.97 Å². The number of rotatable bonds is 6. The molecular formula is C17H22ClNO5. The molecule has 0 heterocycles. The van der Waals surface area contributed by atoms with Crippen LogP contribution >= 0.6 is 11.6 Å². The van der Waals surface area contributed by atoms with E-state index in [0.717, 1.165) is 25.7 Å². The van der Waals surface area contributed by atoms with Crippen molar-refractivity contribution in [3.05, 3.63) is 22.7 Å². The van der Waals surface area contributed by atoms with Gasteiger partial charge in [0.1, 0.15) is 0 Å². The highest BCUT2D eigenvalue weighted by Gasteiger charge is 2.24. The van der Waals surface area contributed by atoms with Crippen molar-refractivity contribution in [1.82, 2.24) is 5.32 Å². The second-order valence-electron chi connectivity index (χ2n) is 5.73. The van der Waals surface area contributed by atoms with Crippen molar-refractivity contribution in [3.8, 4) is 11.5 Å². The summed E-state index contributed by atoms with van der Waals surface area (Å²) in [6.45, 7) is 1.55. The van der Waals surface area contributed by atoms with Crippen LogP contribution in [0.4, 0.5) is 0 Å². The number of carbonyl (C=O) groups excluding carboxylic acids is 2. The number of nitrogens with one attached hydrogen (secondary N) is 1. The Kier molecular flexibility index (Phi) is 6.31. The van der Waals surface area contributed by atoms with Crippen molar-refractivity contribution in [2.75, 3.05) is 14.2 Å². The minimum absolute atomic E-state index is 0.175. The quantitative estimate of drug-likeness (QED) is 0.794. The molecule has 1 N–H and O–H groups in total. The number of methoxy groups -OCH3 is 2. The van der Waals surface area contributed by atoms with Crippen molar-refractivity contribution in [1.29, 1.82) is 0 Å². The van der Waals surface area contributed by atoms with E-state index >= 15 is 0 Å². The number of hydrogen-bond donors (Lipinski definition) is 1. The molecule has 24 heavy (non-hydrogen) atoms. The summed E-state index contributed by atoms with van der Waals surface area (Å²) in [5, 5.41) is 3.13. The molecule has 1 aliphatic carbocycles. The van der Waals surface area contributed by atoms with E-state index in [-0.39, 0.29) is 22.5 Å². The number of halogens is 1. The third-order valence-corrected chi connectivity index (χ3v) is 4.30. The van der Waals surface area contributed by atoms with Gasteiger partial charge in [0.2, 0.25) is 0 Å². The van der Waals surface area contributed by atoms with Gasteiger partial charge in [-0.15, -0.1) is 0 Å². The fraction of sp³-hybridized carbons (Fsp3) is 0.529. The van der Waals surface area contributed by atoms with E-state index < -0.39 is 12.1 Å². The maximum atomic E-state index is 12.3. The molecule has 1 fully saturated rings. The van der Waals surface area contributed by atoms with Crippen molar-refractivity contribution in [2.45, 2.75) is 44.8 Å². The van der Waals surface area contributed by atoms with Crippen molar-refractivity contribution in [2.24, 2.45) is 0 Å². The van der Waals surface area contributed by atoms with Gasteiger partial charge in [-0.3, -0.25) is 4.79 Å². The smallest absolute Gasteiger partial charge is 0.339 e. The van der Waals surface area contributed by atoms with Crippen LogP contribution < -0.4 is 14.8 Å². The van der Waals surface area contributed by atoms with Crippen molar-refractivity contribution >= 4 is 23.5 Å². The van der Waals surface area contributed by atoms with E-state index in [9.17, 15) is 9.59 Å². The number of carbonyl (C=O) groups is 2. The van der Waals surface area contributed by atoms with Crippen molar-refractivity contribution < 1.29 is 23.8 Å². The molecule has 0 bridgehead atoms. The van der Waals surface area contributed by atoms with Crippen molar-refractivity contribution in [3.63, 3.8) is 0 Å². The summed E-state index contributed by atoms with van der Waals surface area (Å²) in [6, 6.07) is 3.07. The second kappa shape index (κ2) is 8.24. The first-order chi connectivity index (χ1) is 11.5. The van der Waals surface area contributed by atoms with Crippen LogP contribution in [0.5, 0.6) is 11.5 Å². The Bertz CT molecular complexity index is 613. The first-order valence-corrected chi connectivity index (χ1v) is 8.27. The zero-order valence-corrected chi connectivity index (χ0v) is 14.8. The van der Waals surface area contributed by atoms with E-state index in [4.69, 9.17) is 25.8 Å². The molecule has 0 spiro atoms. The second-order valence-corrected chi connectivity index (χ2v) is 6.14. The van der Waals surface area contributed by atoms with Gasteiger partial charge in [-0.1, -0.05) is 24.4 Å². The molecule has 6 nitrogen and oxygen atoms in total. The van der Waals surface area contributed by atoms with Gasteiger partial charge < -0.3 is 19.5 Å². The monoisotopic (exact) mass is 355 g/mol. The van der Waals surface area contributed by atoms with E-state index in [0.29, 0.717) is 11.5 Å². The molecule has 0 saturated heterocycles. The predicted octanol–water partition coefficient (Wildman–Crippen LogP) is 2.96. The fourth-order valence-corrected chi connectivity index (χ4v) is 2.99. The molecule has 2 rings (SSSR count). The van der Waals surface area contributed by atoms with Gasteiger partial charge in [0.25, 0.3) is 5.91 Å². The summed E-state index contributed by atoms with van der Waals surface area (Å²) >= 11 is 6.08. The Labute approximate surface area is 146 Å². The van der Waals surface area contributed by atoms with Crippen LogP contribution in [0.15, 0.2) is 12.1 Å². The summed E-state index contributed by atoms with van der Waals surface area (Å²) in [5.74, 6) is -0.281. The standard InChI is InChI=1S/C17H22ClNO5/c1-10(16(20)19-12-6-4-5-7-12)24-17(21)11-8-13(18)15(23-3)14(9-11)22-2/h8-10,12H,4-7H2,1-3H3,(H,19,20)/t10-/m1/s1. The normalized spacial score (nSPS) is 15.7. The largest absolute Gasteiger partial charge is 0.493 e. The molecule has 1 saturated carbocycles. The average Bonchev–Trinajstić information content (AvgIpc) is 3.06. The zero-order chi connectivity index (χ0) is 17.7. The molecular weight excluding hydrogens is 334 g/mol. The van der Waals surface area contributed by atoms with Crippen LogP contribution in [0.25, 0.3) is 0 Å². The Morgan fingerprint density at radius 2 is 1.88 bits per heavy atom. The molecule has 1 aliphatic rings. The minimum atomic E-state index is -0.884. The number of hydrogen-bond acceptors (Lipinski definition) is 5. The zero-order valence-electron chi connectivity index (χ0n) is 14.1. The molecule has 1 atom stereocenters. The maximum Gasteiger partial charge on any atom is 0.339 e. The Balaban J connectivity index is 2.03. The lowest BCUT2D eigenvalue weighted by molar-refractivity contribution is -0.129. The highest BCUT2D eigenvalue weighted by molar-refractivity contribution is 6.32. The maximum absolute atomic E-state index is 12.3. The third kappa shape index (κ3) is 4.32. The number of benzene rings is 1. The topological polar surface area (TPSA) is 73.9 Å². The van der Waals surface area contributed by atoms with Gasteiger partial charge in [0, 0.05) is 6.04 Å². The predicted molar refractivity (Wildman–Crippen MR) is 89.8 cm³/mol. The first kappa shape index (κ1) is 18.4. The Hall–Kier alpha value is -1.95. The lowest BCUT2D eigenvalue weighted by atomic mass is 10.2. The van der Waals surface area contributed by atoms with Gasteiger partial charge in [-0.25, -0.2) is 4.79 Å². The summed E-state index contributed by atoms with van der Waals surface area (Å²) in [7, 11) is 2.90. The summed E-state index contributed by atoms with van der Waals surface area (Å²) in [6.07, 6.45) is 3.28. The molecule has 0 aliphatic heterocycles. The van der Waals surface area contributed by atoms with Gasteiger partial charge in [-0.2, -0.15) is 0 Å². The SMILES string of the molecule is COc1cc(C(=O)O[C@H](C)C(=O)NC2CCCC2)cc(Cl)c1OC. The Morgan fingerprint density at radius 1 is 1.21 bits per heavy atom. The summed E-state index contributed by atoms with van der Waals surface area (Å²) in [5.41, 5.74) is 0.193. The number of amides is 1. The van der Waals surface area contributed by atoms with Crippen LogP contribution in [0.1, 0.15) is 43.0 Å². The van der Waals surface area contributed by atoms with Gasteiger partial charge in [0.15, 0.2) is 17.6 Å². The molecule has 1 amide bonds.